The summed E-state index contributed by atoms with van der Waals surface area (Å²) in [7, 11) is 0. The first kappa shape index (κ1) is 18.2. The van der Waals surface area contributed by atoms with Crippen molar-refractivity contribution in [1.29, 1.82) is 0 Å². The molecule has 0 aliphatic carbocycles. The van der Waals surface area contributed by atoms with Crippen LogP contribution in [0, 0.1) is 6.92 Å². The maximum absolute atomic E-state index is 12.3. The fourth-order valence-corrected chi connectivity index (χ4v) is 3.70. The van der Waals surface area contributed by atoms with Gasteiger partial charge in [0.15, 0.2) is 5.82 Å². The van der Waals surface area contributed by atoms with Crippen LogP contribution in [-0.2, 0) is 4.79 Å². The van der Waals surface area contributed by atoms with Gasteiger partial charge in [0.2, 0.25) is 5.91 Å². The number of rotatable bonds is 6. The van der Waals surface area contributed by atoms with Gasteiger partial charge in [-0.25, -0.2) is 0 Å². The van der Waals surface area contributed by atoms with E-state index in [1.54, 1.807) is 19.1 Å². The molecule has 0 radical (unpaired) electrons. The van der Waals surface area contributed by atoms with Crippen molar-refractivity contribution in [3.05, 3.63) is 58.5 Å². The van der Waals surface area contributed by atoms with Crippen LogP contribution < -0.4 is 10.6 Å². The number of carbonyl (C=O) groups excluding carboxylic acids is 2. The van der Waals surface area contributed by atoms with Crippen molar-refractivity contribution in [2.24, 2.45) is 0 Å². The van der Waals surface area contributed by atoms with Gasteiger partial charge in [0.05, 0.1) is 10.1 Å². The van der Waals surface area contributed by atoms with E-state index in [0.717, 1.165) is 4.90 Å². The highest BCUT2D eigenvalue weighted by Gasteiger charge is 2.16. The number of nitrogens with one attached hydrogen (secondary N) is 2. The Balaban J connectivity index is 1.60. The normalized spacial score (nSPS) is 11.8. The Kier molecular flexibility index (Phi) is 5.75. The zero-order valence-corrected chi connectivity index (χ0v) is 15.8. The van der Waals surface area contributed by atoms with E-state index in [4.69, 9.17) is 4.52 Å². The predicted octanol–water partition coefficient (Wildman–Crippen LogP) is 4.42. The summed E-state index contributed by atoms with van der Waals surface area (Å²) in [5.41, 5.74) is 0.688. The molecule has 3 aromatic rings. The fourth-order valence-electron chi connectivity index (χ4n) is 2.16. The number of hydrogen-bond acceptors (Lipinski definition) is 6. The number of hydrogen-bond donors (Lipinski definition) is 2. The predicted molar refractivity (Wildman–Crippen MR) is 104 cm³/mol. The van der Waals surface area contributed by atoms with Gasteiger partial charge in [-0.15, -0.1) is 23.1 Å². The van der Waals surface area contributed by atoms with E-state index in [1.807, 2.05) is 42.6 Å². The van der Waals surface area contributed by atoms with E-state index in [1.165, 1.54) is 23.1 Å². The summed E-state index contributed by atoms with van der Waals surface area (Å²) in [5, 5.41) is 10.9. The second kappa shape index (κ2) is 8.20. The Bertz CT molecular complexity index is 906. The van der Waals surface area contributed by atoms with E-state index < -0.39 is 0 Å². The molecular weight excluding hydrogens is 370 g/mol. The van der Waals surface area contributed by atoms with Crippen LogP contribution in [0.25, 0.3) is 0 Å². The molecule has 2 amide bonds. The van der Waals surface area contributed by atoms with Crippen molar-refractivity contribution < 1.29 is 14.1 Å². The van der Waals surface area contributed by atoms with E-state index in [-0.39, 0.29) is 17.1 Å². The number of nitrogens with zero attached hydrogens (tertiary/aromatic N) is 1. The summed E-state index contributed by atoms with van der Waals surface area (Å²) >= 11 is 2.79. The monoisotopic (exact) mass is 387 g/mol. The number of aryl methyl sites for hydroxylation is 1. The molecule has 3 rings (SSSR count). The molecule has 1 aromatic carbocycles. The first-order valence-electron chi connectivity index (χ1n) is 7.87. The summed E-state index contributed by atoms with van der Waals surface area (Å²) in [6.45, 7) is 3.57. The van der Waals surface area contributed by atoms with E-state index in [0.29, 0.717) is 22.1 Å². The third-order valence-electron chi connectivity index (χ3n) is 3.40. The van der Waals surface area contributed by atoms with Gasteiger partial charge in [0.1, 0.15) is 5.76 Å². The second-order valence-corrected chi connectivity index (χ2v) is 7.89. The number of thioether (sulfide) groups is 1. The van der Waals surface area contributed by atoms with Crippen molar-refractivity contribution in [1.82, 2.24) is 5.16 Å². The van der Waals surface area contributed by atoms with E-state index in [9.17, 15) is 9.59 Å². The van der Waals surface area contributed by atoms with Crippen LogP contribution in [-0.4, -0.2) is 22.2 Å². The molecule has 6 nitrogen and oxygen atoms in total. The average molecular weight is 387 g/mol. The molecule has 2 N–H and O–H groups in total. The Morgan fingerprint density at radius 3 is 2.73 bits per heavy atom. The highest BCUT2D eigenvalue weighted by Crippen LogP contribution is 2.27. The molecule has 0 aliphatic rings. The topological polar surface area (TPSA) is 84.2 Å². The number of carbonyl (C=O) groups is 2. The van der Waals surface area contributed by atoms with E-state index >= 15 is 0 Å². The molecule has 8 heteroatoms. The summed E-state index contributed by atoms with van der Waals surface area (Å²) in [5.74, 6) is 0.720. The summed E-state index contributed by atoms with van der Waals surface area (Å²) < 4.78 is 4.94. The Morgan fingerprint density at radius 1 is 1.19 bits per heavy atom. The molecule has 134 valence electrons. The lowest BCUT2D eigenvalue weighted by Crippen LogP contribution is -2.22. The first-order chi connectivity index (χ1) is 12.5. The zero-order valence-electron chi connectivity index (χ0n) is 14.2. The summed E-state index contributed by atoms with van der Waals surface area (Å²) in [6.07, 6.45) is 0. The highest BCUT2D eigenvalue weighted by atomic mass is 32.2. The van der Waals surface area contributed by atoms with Crippen molar-refractivity contribution in [3.8, 4) is 0 Å². The standard InChI is InChI=1S/C18H17N3O3S2/c1-11-9-16(21-24-11)20-17(22)12(2)26-14-6-3-5-13(10-14)19-18(23)15-7-4-8-25-15/h3-10,12H,1-2H3,(H,19,23)(H,20,21,22). The van der Waals surface area contributed by atoms with Crippen molar-refractivity contribution in [2.45, 2.75) is 24.0 Å². The minimum absolute atomic E-state index is 0.144. The van der Waals surface area contributed by atoms with Crippen LogP contribution in [0.5, 0.6) is 0 Å². The first-order valence-corrected chi connectivity index (χ1v) is 9.63. The number of anilines is 2. The molecule has 1 unspecified atom stereocenters. The minimum atomic E-state index is -0.338. The molecule has 0 saturated heterocycles. The van der Waals surface area contributed by atoms with E-state index in [2.05, 4.69) is 15.8 Å². The molecule has 2 aromatic heterocycles. The van der Waals surface area contributed by atoms with Crippen LogP contribution >= 0.6 is 23.1 Å². The smallest absolute Gasteiger partial charge is 0.265 e. The molecule has 0 bridgehead atoms. The number of thiophene rings is 1. The Hall–Kier alpha value is -2.58. The van der Waals surface area contributed by atoms with Gasteiger partial charge in [-0.1, -0.05) is 17.3 Å². The summed E-state index contributed by atoms with van der Waals surface area (Å²) in [6, 6.07) is 12.7. The molecule has 0 aliphatic heterocycles. The van der Waals surface area contributed by atoms with Gasteiger partial charge in [-0.2, -0.15) is 0 Å². The van der Waals surface area contributed by atoms with Crippen molar-refractivity contribution in [3.63, 3.8) is 0 Å². The van der Waals surface area contributed by atoms with Gasteiger partial charge < -0.3 is 15.2 Å². The third-order valence-corrected chi connectivity index (χ3v) is 5.36. The number of aromatic nitrogens is 1. The van der Waals surface area contributed by atoms with Gasteiger partial charge in [0.25, 0.3) is 5.91 Å². The Morgan fingerprint density at radius 2 is 2.04 bits per heavy atom. The second-order valence-electron chi connectivity index (χ2n) is 5.53. The highest BCUT2D eigenvalue weighted by molar-refractivity contribution is 8.00. The largest absolute Gasteiger partial charge is 0.360 e. The van der Waals surface area contributed by atoms with Gasteiger partial charge in [-0.05, 0) is 43.5 Å². The van der Waals surface area contributed by atoms with Crippen LogP contribution in [0.1, 0.15) is 22.4 Å². The van der Waals surface area contributed by atoms with Gasteiger partial charge in [-0.3, -0.25) is 9.59 Å². The van der Waals surface area contributed by atoms with Crippen LogP contribution in [0.2, 0.25) is 0 Å². The van der Waals surface area contributed by atoms with Crippen molar-refractivity contribution >= 4 is 46.4 Å². The maximum Gasteiger partial charge on any atom is 0.265 e. The Labute approximate surface area is 159 Å². The van der Waals surface area contributed by atoms with Gasteiger partial charge >= 0.3 is 0 Å². The fraction of sp³-hybridized carbons (Fsp3) is 0.167. The molecule has 0 spiro atoms. The molecule has 0 fully saturated rings. The van der Waals surface area contributed by atoms with Crippen LogP contribution in [0.15, 0.2) is 57.3 Å². The SMILES string of the molecule is Cc1cc(NC(=O)C(C)Sc2cccc(NC(=O)c3cccs3)c2)no1. The molecular formula is C18H17N3O3S2. The molecule has 1 atom stereocenters. The lowest BCUT2D eigenvalue weighted by atomic mass is 10.3. The molecule has 0 saturated carbocycles. The third kappa shape index (κ3) is 4.74. The average Bonchev–Trinajstić information content (AvgIpc) is 3.27. The van der Waals surface area contributed by atoms with Gasteiger partial charge in [0, 0.05) is 16.6 Å². The number of benzene rings is 1. The van der Waals surface area contributed by atoms with Crippen LogP contribution in [0.4, 0.5) is 11.5 Å². The number of amides is 2. The lowest BCUT2D eigenvalue weighted by Gasteiger charge is -2.11. The van der Waals surface area contributed by atoms with Crippen LogP contribution in [0.3, 0.4) is 0 Å². The van der Waals surface area contributed by atoms with Crippen molar-refractivity contribution in [2.75, 3.05) is 10.6 Å². The quantitative estimate of drug-likeness (QED) is 0.612. The maximum atomic E-state index is 12.3. The molecule has 2 heterocycles. The zero-order chi connectivity index (χ0) is 18.5. The minimum Gasteiger partial charge on any atom is -0.360 e. The summed E-state index contributed by atoms with van der Waals surface area (Å²) in [4.78, 5) is 25.9. The lowest BCUT2D eigenvalue weighted by molar-refractivity contribution is -0.115. The molecule has 26 heavy (non-hydrogen) atoms.